The molecule has 0 saturated carbocycles. The van der Waals surface area contributed by atoms with Crippen LogP contribution < -0.4 is 0 Å². The first-order chi connectivity index (χ1) is 8.70. The number of esters is 1. The van der Waals surface area contributed by atoms with Crippen LogP contribution in [0.2, 0.25) is 0 Å². The normalized spacial score (nSPS) is 11.6. The molecule has 2 nitrogen and oxygen atoms in total. The zero-order chi connectivity index (χ0) is 13.0. The Morgan fingerprint density at radius 3 is 2.61 bits per heavy atom. The first-order valence-electron chi connectivity index (χ1n) is 6.05. The summed E-state index contributed by atoms with van der Waals surface area (Å²) in [6, 6.07) is 14.3. The van der Waals surface area contributed by atoms with Gasteiger partial charge in [-0.1, -0.05) is 36.4 Å². The Morgan fingerprint density at radius 1 is 1.17 bits per heavy atom. The van der Waals surface area contributed by atoms with E-state index in [0.29, 0.717) is 6.61 Å². The quantitative estimate of drug-likeness (QED) is 0.602. The second-order valence-corrected chi connectivity index (χ2v) is 4.14. The second kappa shape index (κ2) is 5.50. The van der Waals surface area contributed by atoms with Gasteiger partial charge in [-0.2, -0.15) is 0 Å². The summed E-state index contributed by atoms with van der Waals surface area (Å²) in [6.07, 6.45) is 1.54. The van der Waals surface area contributed by atoms with Crippen molar-refractivity contribution >= 4 is 22.3 Å². The van der Waals surface area contributed by atoms with Crippen LogP contribution in [0.15, 0.2) is 48.5 Å². The molecule has 0 atom stereocenters. The number of fused-ring (bicyclic) bond motifs is 1. The Bertz CT molecular complexity index is 597. The van der Waals surface area contributed by atoms with Crippen LogP contribution in [0.25, 0.3) is 16.3 Å². The molecule has 0 fully saturated rings. The third-order valence-electron chi connectivity index (χ3n) is 2.83. The maximum absolute atomic E-state index is 11.4. The summed E-state index contributed by atoms with van der Waals surface area (Å²) < 4.78 is 4.91. The predicted octanol–water partition coefficient (Wildman–Crippen LogP) is 3.81. The maximum Gasteiger partial charge on any atom is 0.331 e. The molecule has 0 saturated heterocycles. The van der Waals surface area contributed by atoms with Crippen molar-refractivity contribution < 1.29 is 9.53 Å². The maximum atomic E-state index is 11.4. The fourth-order valence-corrected chi connectivity index (χ4v) is 1.88. The van der Waals surface area contributed by atoms with Crippen molar-refractivity contribution in [1.29, 1.82) is 0 Å². The number of carbonyl (C=O) groups is 1. The Hall–Kier alpha value is -2.09. The van der Waals surface area contributed by atoms with E-state index in [1.54, 1.807) is 6.92 Å². The fourth-order valence-electron chi connectivity index (χ4n) is 1.88. The van der Waals surface area contributed by atoms with Crippen LogP contribution in [0.1, 0.15) is 19.4 Å². The Morgan fingerprint density at radius 2 is 1.89 bits per heavy atom. The van der Waals surface area contributed by atoms with Crippen LogP contribution >= 0.6 is 0 Å². The zero-order valence-electron chi connectivity index (χ0n) is 10.6. The molecule has 0 aliphatic rings. The number of allylic oxidation sites excluding steroid dienone is 1. The number of ether oxygens (including phenoxy) is 1. The number of rotatable bonds is 3. The third-order valence-corrected chi connectivity index (χ3v) is 2.83. The van der Waals surface area contributed by atoms with Gasteiger partial charge in [0.2, 0.25) is 0 Å². The van der Waals surface area contributed by atoms with Gasteiger partial charge in [-0.25, -0.2) is 4.79 Å². The zero-order valence-corrected chi connectivity index (χ0v) is 10.6. The van der Waals surface area contributed by atoms with Crippen molar-refractivity contribution in [3.8, 4) is 0 Å². The molecule has 2 heteroatoms. The van der Waals surface area contributed by atoms with Gasteiger partial charge < -0.3 is 4.74 Å². The number of carbonyl (C=O) groups excluding carboxylic acids is 1. The van der Waals surface area contributed by atoms with E-state index < -0.39 is 0 Å². The summed E-state index contributed by atoms with van der Waals surface area (Å²) >= 11 is 0. The minimum Gasteiger partial charge on any atom is -0.463 e. The van der Waals surface area contributed by atoms with Crippen molar-refractivity contribution in [2.24, 2.45) is 0 Å². The Kier molecular flexibility index (Phi) is 3.78. The van der Waals surface area contributed by atoms with Gasteiger partial charge in [0, 0.05) is 6.08 Å². The van der Waals surface area contributed by atoms with Crippen LogP contribution in [-0.4, -0.2) is 12.6 Å². The van der Waals surface area contributed by atoms with Crippen molar-refractivity contribution in [2.45, 2.75) is 13.8 Å². The number of benzene rings is 2. The minimum atomic E-state index is -0.289. The summed E-state index contributed by atoms with van der Waals surface area (Å²) in [5.41, 5.74) is 1.96. The van der Waals surface area contributed by atoms with E-state index in [9.17, 15) is 4.79 Å². The van der Waals surface area contributed by atoms with E-state index in [1.165, 1.54) is 16.8 Å². The van der Waals surface area contributed by atoms with Gasteiger partial charge >= 0.3 is 5.97 Å². The number of hydrogen-bond donors (Lipinski definition) is 0. The van der Waals surface area contributed by atoms with Gasteiger partial charge in [0.05, 0.1) is 6.61 Å². The molecule has 0 N–H and O–H groups in total. The Balaban J connectivity index is 2.33. The molecule has 0 heterocycles. The van der Waals surface area contributed by atoms with Gasteiger partial charge in [-0.15, -0.1) is 0 Å². The molecular weight excluding hydrogens is 224 g/mol. The predicted molar refractivity (Wildman–Crippen MR) is 74.2 cm³/mol. The largest absolute Gasteiger partial charge is 0.463 e. The molecule has 18 heavy (non-hydrogen) atoms. The van der Waals surface area contributed by atoms with Crippen LogP contribution in [-0.2, 0) is 9.53 Å². The van der Waals surface area contributed by atoms with Crippen molar-refractivity contribution in [2.75, 3.05) is 6.61 Å². The van der Waals surface area contributed by atoms with Gasteiger partial charge in [-0.3, -0.25) is 0 Å². The molecule has 2 aromatic rings. The molecule has 2 rings (SSSR count). The summed E-state index contributed by atoms with van der Waals surface area (Å²) in [4.78, 5) is 11.4. The third kappa shape index (κ3) is 2.77. The summed E-state index contributed by atoms with van der Waals surface area (Å²) in [7, 11) is 0. The standard InChI is InChI=1S/C16H16O2/c1-3-18-16(17)10-12(2)14-9-8-13-6-4-5-7-15(13)11-14/h4-11H,3H2,1-2H3. The van der Waals surface area contributed by atoms with Gasteiger partial charge in [0.25, 0.3) is 0 Å². The van der Waals surface area contributed by atoms with Crippen LogP contribution in [0.4, 0.5) is 0 Å². The molecule has 0 bridgehead atoms. The van der Waals surface area contributed by atoms with Gasteiger partial charge in [0.1, 0.15) is 0 Å². The van der Waals surface area contributed by atoms with Crippen molar-refractivity contribution in [1.82, 2.24) is 0 Å². The molecular formula is C16H16O2. The van der Waals surface area contributed by atoms with Crippen LogP contribution in [0.5, 0.6) is 0 Å². The van der Waals surface area contributed by atoms with E-state index in [1.807, 2.05) is 25.1 Å². The molecule has 0 aliphatic heterocycles. The minimum absolute atomic E-state index is 0.289. The highest BCUT2D eigenvalue weighted by Gasteiger charge is 2.02. The summed E-state index contributed by atoms with van der Waals surface area (Å²) in [6.45, 7) is 4.12. The SMILES string of the molecule is CCOC(=O)C=C(C)c1ccc2ccccc2c1. The molecule has 92 valence electrons. The molecule has 0 unspecified atom stereocenters. The molecule has 0 aromatic heterocycles. The lowest BCUT2D eigenvalue weighted by Gasteiger charge is -2.04. The van der Waals surface area contributed by atoms with E-state index >= 15 is 0 Å². The molecule has 0 spiro atoms. The highest BCUT2D eigenvalue weighted by atomic mass is 16.5. The van der Waals surface area contributed by atoms with E-state index in [2.05, 4.69) is 24.3 Å². The molecule has 2 aromatic carbocycles. The molecule has 0 amide bonds. The van der Waals surface area contributed by atoms with Gasteiger partial charge in [-0.05, 0) is 41.8 Å². The second-order valence-electron chi connectivity index (χ2n) is 4.14. The van der Waals surface area contributed by atoms with Crippen molar-refractivity contribution in [3.05, 3.63) is 54.1 Å². The van der Waals surface area contributed by atoms with Crippen LogP contribution in [0, 0.1) is 0 Å². The first kappa shape index (κ1) is 12.4. The summed E-state index contributed by atoms with van der Waals surface area (Å²) in [5, 5.41) is 2.37. The number of hydrogen-bond acceptors (Lipinski definition) is 2. The Labute approximate surface area is 107 Å². The van der Waals surface area contributed by atoms with E-state index in [4.69, 9.17) is 4.74 Å². The lowest BCUT2D eigenvalue weighted by molar-refractivity contribution is -0.137. The average molecular weight is 240 g/mol. The topological polar surface area (TPSA) is 26.3 Å². The van der Waals surface area contributed by atoms with E-state index in [-0.39, 0.29) is 5.97 Å². The van der Waals surface area contributed by atoms with E-state index in [0.717, 1.165) is 11.1 Å². The lowest BCUT2D eigenvalue weighted by Crippen LogP contribution is -2.00. The monoisotopic (exact) mass is 240 g/mol. The first-order valence-corrected chi connectivity index (χ1v) is 6.05. The smallest absolute Gasteiger partial charge is 0.331 e. The van der Waals surface area contributed by atoms with Crippen molar-refractivity contribution in [3.63, 3.8) is 0 Å². The lowest BCUT2D eigenvalue weighted by atomic mass is 10.0. The molecule has 0 aliphatic carbocycles. The fraction of sp³-hybridized carbons (Fsp3) is 0.188. The van der Waals surface area contributed by atoms with Crippen LogP contribution in [0.3, 0.4) is 0 Å². The highest BCUT2D eigenvalue weighted by molar-refractivity contribution is 5.93. The summed E-state index contributed by atoms with van der Waals surface area (Å²) in [5.74, 6) is -0.289. The molecule has 0 radical (unpaired) electrons. The average Bonchev–Trinajstić information content (AvgIpc) is 2.38. The van der Waals surface area contributed by atoms with Gasteiger partial charge in [0.15, 0.2) is 0 Å². The highest BCUT2D eigenvalue weighted by Crippen LogP contribution is 2.20.